The summed E-state index contributed by atoms with van der Waals surface area (Å²) in [6.45, 7) is 1.60. The minimum atomic E-state index is -4.46. The van der Waals surface area contributed by atoms with Gasteiger partial charge in [0, 0.05) is 18.8 Å². The number of nitrogens with zero attached hydrogens (tertiary/aromatic N) is 1. The molecule has 0 aliphatic carbocycles. The monoisotopic (exact) mass is 319 g/mol. The Balaban J connectivity index is 2.79. The molecule has 0 saturated carbocycles. The van der Waals surface area contributed by atoms with Gasteiger partial charge in [0.05, 0.1) is 12.2 Å². The molecule has 0 aliphatic heterocycles. The van der Waals surface area contributed by atoms with Crippen molar-refractivity contribution in [3.8, 4) is 0 Å². The minimum Gasteiger partial charge on any atom is -0.449 e. The number of benzene rings is 1. The van der Waals surface area contributed by atoms with Gasteiger partial charge in [0.2, 0.25) is 0 Å². The summed E-state index contributed by atoms with van der Waals surface area (Å²) in [4.78, 5) is 24.3. The third-order valence-corrected chi connectivity index (χ3v) is 2.55. The molecule has 0 fully saturated rings. The fourth-order valence-electron chi connectivity index (χ4n) is 1.54. The van der Waals surface area contributed by atoms with Crippen LogP contribution in [0.15, 0.2) is 24.3 Å². The standard InChI is InChI=1S/C13H16F3N3O3/c1-2-22-12(21)19(8-7-17)11(20)18-10-5-3-9(4-6-10)13(14,15)16/h3-6H,2,7-8,17H2,1H3,(H,18,20). The van der Waals surface area contributed by atoms with Gasteiger partial charge < -0.3 is 15.8 Å². The first-order valence-electron chi connectivity index (χ1n) is 6.42. The van der Waals surface area contributed by atoms with Gasteiger partial charge in [0.25, 0.3) is 0 Å². The molecule has 122 valence electrons. The molecule has 3 amide bonds. The molecule has 0 bridgehead atoms. The molecular formula is C13H16F3N3O3. The highest BCUT2D eigenvalue weighted by molar-refractivity contribution is 5.99. The van der Waals surface area contributed by atoms with Crippen molar-refractivity contribution < 1.29 is 27.5 Å². The molecule has 6 nitrogen and oxygen atoms in total. The Morgan fingerprint density at radius 3 is 2.32 bits per heavy atom. The van der Waals surface area contributed by atoms with E-state index in [4.69, 9.17) is 10.5 Å². The minimum absolute atomic E-state index is 0.0270. The van der Waals surface area contributed by atoms with Crippen molar-refractivity contribution in [1.82, 2.24) is 4.90 Å². The van der Waals surface area contributed by atoms with Crippen LogP contribution in [0.3, 0.4) is 0 Å². The maximum absolute atomic E-state index is 12.4. The molecule has 0 heterocycles. The molecule has 0 saturated heterocycles. The molecule has 3 N–H and O–H groups in total. The van der Waals surface area contributed by atoms with Crippen LogP contribution in [0.25, 0.3) is 0 Å². The topological polar surface area (TPSA) is 84.7 Å². The van der Waals surface area contributed by atoms with E-state index in [-0.39, 0.29) is 25.4 Å². The lowest BCUT2D eigenvalue weighted by Crippen LogP contribution is -2.43. The summed E-state index contributed by atoms with van der Waals surface area (Å²) in [6.07, 6.45) is -5.34. The summed E-state index contributed by atoms with van der Waals surface area (Å²) in [7, 11) is 0. The third-order valence-electron chi connectivity index (χ3n) is 2.55. The van der Waals surface area contributed by atoms with Crippen molar-refractivity contribution >= 4 is 17.8 Å². The molecule has 1 aromatic rings. The first-order valence-corrected chi connectivity index (χ1v) is 6.42. The van der Waals surface area contributed by atoms with Gasteiger partial charge in [-0.2, -0.15) is 13.2 Å². The lowest BCUT2D eigenvalue weighted by molar-refractivity contribution is -0.137. The predicted molar refractivity (Wildman–Crippen MR) is 73.2 cm³/mol. The van der Waals surface area contributed by atoms with Crippen LogP contribution in [0.1, 0.15) is 12.5 Å². The van der Waals surface area contributed by atoms with E-state index in [2.05, 4.69) is 5.32 Å². The van der Waals surface area contributed by atoms with E-state index in [1.54, 1.807) is 6.92 Å². The second-order valence-corrected chi connectivity index (χ2v) is 4.14. The van der Waals surface area contributed by atoms with Gasteiger partial charge in [-0.15, -0.1) is 0 Å². The molecule has 1 aromatic carbocycles. The number of halogens is 3. The van der Waals surface area contributed by atoms with Gasteiger partial charge in [0.15, 0.2) is 0 Å². The van der Waals surface area contributed by atoms with Gasteiger partial charge in [0.1, 0.15) is 0 Å². The Morgan fingerprint density at radius 2 is 1.86 bits per heavy atom. The number of amides is 3. The van der Waals surface area contributed by atoms with Crippen molar-refractivity contribution in [2.45, 2.75) is 13.1 Å². The number of nitrogens with two attached hydrogens (primary N) is 1. The van der Waals surface area contributed by atoms with E-state index in [1.165, 1.54) is 0 Å². The third kappa shape index (κ3) is 4.92. The molecule has 0 spiro atoms. The molecule has 0 unspecified atom stereocenters. The zero-order valence-electron chi connectivity index (χ0n) is 11.8. The zero-order chi connectivity index (χ0) is 16.8. The summed E-state index contributed by atoms with van der Waals surface area (Å²) >= 11 is 0. The highest BCUT2D eigenvalue weighted by Gasteiger charge is 2.30. The van der Waals surface area contributed by atoms with E-state index in [9.17, 15) is 22.8 Å². The number of hydrogen-bond acceptors (Lipinski definition) is 4. The van der Waals surface area contributed by atoms with Crippen LogP contribution in [0.2, 0.25) is 0 Å². The molecule has 0 aromatic heterocycles. The van der Waals surface area contributed by atoms with Crippen molar-refractivity contribution in [3.05, 3.63) is 29.8 Å². The molecule has 9 heteroatoms. The van der Waals surface area contributed by atoms with Crippen LogP contribution in [0.5, 0.6) is 0 Å². The summed E-state index contributed by atoms with van der Waals surface area (Å²) < 4.78 is 42.0. The van der Waals surface area contributed by atoms with E-state index >= 15 is 0 Å². The van der Waals surface area contributed by atoms with E-state index in [0.717, 1.165) is 29.2 Å². The van der Waals surface area contributed by atoms with Crippen LogP contribution < -0.4 is 11.1 Å². The maximum atomic E-state index is 12.4. The lowest BCUT2D eigenvalue weighted by atomic mass is 10.2. The van der Waals surface area contributed by atoms with Crippen LogP contribution in [0, 0.1) is 0 Å². The number of carbonyl (C=O) groups is 2. The number of carbonyl (C=O) groups excluding carboxylic acids is 2. The average molecular weight is 319 g/mol. The Morgan fingerprint density at radius 1 is 1.27 bits per heavy atom. The number of alkyl halides is 3. The average Bonchev–Trinajstić information content (AvgIpc) is 2.44. The zero-order valence-corrected chi connectivity index (χ0v) is 11.8. The summed E-state index contributed by atoms with van der Waals surface area (Å²) in [5, 5.41) is 2.31. The van der Waals surface area contributed by atoms with E-state index < -0.39 is 23.9 Å². The molecule has 0 radical (unpaired) electrons. The van der Waals surface area contributed by atoms with Crippen LogP contribution in [-0.2, 0) is 10.9 Å². The SMILES string of the molecule is CCOC(=O)N(CCN)C(=O)Nc1ccc(C(F)(F)F)cc1. The van der Waals surface area contributed by atoms with Gasteiger partial charge >= 0.3 is 18.3 Å². The summed E-state index contributed by atoms with van der Waals surface area (Å²) in [5.74, 6) is 0. The molecule has 0 atom stereocenters. The summed E-state index contributed by atoms with van der Waals surface area (Å²) in [5.41, 5.74) is 4.58. The van der Waals surface area contributed by atoms with Crippen LogP contribution in [0.4, 0.5) is 28.4 Å². The van der Waals surface area contributed by atoms with Crippen molar-refractivity contribution in [2.24, 2.45) is 5.73 Å². The quantitative estimate of drug-likeness (QED) is 0.893. The Kier molecular flexibility index (Phi) is 6.17. The first kappa shape index (κ1) is 17.8. The van der Waals surface area contributed by atoms with Gasteiger partial charge in [-0.3, -0.25) is 0 Å². The van der Waals surface area contributed by atoms with E-state index in [1.807, 2.05) is 0 Å². The molecule has 22 heavy (non-hydrogen) atoms. The first-order chi connectivity index (χ1) is 10.3. The highest BCUT2D eigenvalue weighted by Crippen LogP contribution is 2.29. The van der Waals surface area contributed by atoms with Gasteiger partial charge in [-0.1, -0.05) is 0 Å². The Hall–Kier alpha value is -2.29. The van der Waals surface area contributed by atoms with E-state index in [0.29, 0.717) is 0 Å². The van der Waals surface area contributed by atoms with Crippen molar-refractivity contribution in [2.75, 3.05) is 25.0 Å². The predicted octanol–water partition coefficient (Wildman–Crippen LogP) is 2.65. The normalized spacial score (nSPS) is 11.0. The Labute approximate surface area is 125 Å². The van der Waals surface area contributed by atoms with Crippen LogP contribution >= 0.6 is 0 Å². The van der Waals surface area contributed by atoms with Crippen LogP contribution in [-0.4, -0.2) is 36.7 Å². The highest BCUT2D eigenvalue weighted by atomic mass is 19.4. The maximum Gasteiger partial charge on any atom is 0.418 e. The fraction of sp³-hybridized carbons (Fsp3) is 0.385. The molecule has 0 aliphatic rings. The molecule has 1 rings (SSSR count). The second kappa shape index (κ2) is 7.64. The molecular weight excluding hydrogens is 303 g/mol. The number of ether oxygens (including phenoxy) is 1. The summed E-state index contributed by atoms with van der Waals surface area (Å²) in [6, 6.07) is 3.00. The van der Waals surface area contributed by atoms with Gasteiger partial charge in [-0.25, -0.2) is 14.5 Å². The van der Waals surface area contributed by atoms with Crippen molar-refractivity contribution in [1.29, 1.82) is 0 Å². The lowest BCUT2D eigenvalue weighted by Gasteiger charge is -2.19. The number of rotatable bonds is 4. The second-order valence-electron chi connectivity index (χ2n) is 4.14. The smallest absolute Gasteiger partial charge is 0.418 e. The number of urea groups is 1. The number of imide groups is 1. The fourth-order valence-corrected chi connectivity index (χ4v) is 1.54. The number of hydrogen-bond donors (Lipinski definition) is 2. The number of nitrogens with one attached hydrogen (secondary N) is 1. The Bertz CT molecular complexity index is 518. The number of anilines is 1. The van der Waals surface area contributed by atoms with Crippen molar-refractivity contribution in [3.63, 3.8) is 0 Å². The largest absolute Gasteiger partial charge is 0.449 e. The van der Waals surface area contributed by atoms with Gasteiger partial charge in [-0.05, 0) is 31.2 Å².